The molecule has 0 radical (unpaired) electrons. The summed E-state index contributed by atoms with van der Waals surface area (Å²) in [6.07, 6.45) is 0. The molecule has 0 aliphatic rings. The Morgan fingerprint density at radius 3 is 2.42 bits per heavy atom. The zero-order chi connectivity index (χ0) is 14.5. The Hall–Kier alpha value is -1.89. The van der Waals surface area contributed by atoms with E-state index in [1.165, 1.54) is 6.92 Å². The van der Waals surface area contributed by atoms with Gasteiger partial charge in [0.25, 0.3) is 0 Å². The first-order valence-corrected chi connectivity index (χ1v) is 6.17. The second-order valence-electron chi connectivity index (χ2n) is 5.27. The number of aromatic nitrogens is 2. The van der Waals surface area contributed by atoms with Crippen molar-refractivity contribution in [3.05, 3.63) is 11.9 Å². The Morgan fingerprint density at radius 2 is 1.89 bits per heavy atom. The number of anilines is 2. The molecule has 0 aromatic carbocycles. The molecule has 5 N–H and O–H groups in total. The van der Waals surface area contributed by atoms with Crippen LogP contribution in [0.5, 0.6) is 0 Å². The highest BCUT2D eigenvalue weighted by Gasteiger charge is 2.18. The Kier molecular flexibility index (Phi) is 5.05. The van der Waals surface area contributed by atoms with Gasteiger partial charge in [0.15, 0.2) is 0 Å². The highest BCUT2D eigenvalue weighted by atomic mass is 16.1. The number of nitrogens with one attached hydrogen (secondary N) is 3. The van der Waals surface area contributed by atoms with Crippen LogP contribution in [0.2, 0.25) is 0 Å². The largest absolute Gasteiger partial charge is 0.368 e. The Morgan fingerprint density at radius 1 is 1.26 bits per heavy atom. The van der Waals surface area contributed by atoms with Gasteiger partial charge in [0.1, 0.15) is 17.5 Å². The van der Waals surface area contributed by atoms with Gasteiger partial charge in [0, 0.05) is 31.5 Å². The number of carbonyl (C=O) groups excluding carboxylic acids is 1. The molecule has 7 nitrogen and oxygen atoms in total. The fourth-order valence-corrected chi connectivity index (χ4v) is 1.38. The first-order chi connectivity index (χ1) is 8.82. The molecule has 0 aliphatic carbocycles. The van der Waals surface area contributed by atoms with E-state index in [4.69, 9.17) is 5.84 Å². The van der Waals surface area contributed by atoms with Crippen molar-refractivity contribution in [1.82, 2.24) is 15.3 Å². The van der Waals surface area contributed by atoms with Gasteiger partial charge in [0.2, 0.25) is 5.91 Å². The van der Waals surface area contributed by atoms with Gasteiger partial charge in [-0.15, -0.1) is 0 Å². The van der Waals surface area contributed by atoms with E-state index in [2.05, 4.69) is 26.0 Å². The molecule has 0 fully saturated rings. The summed E-state index contributed by atoms with van der Waals surface area (Å²) in [5, 5.41) is 5.83. The molecule has 106 valence electrons. The molecule has 0 aliphatic heterocycles. The number of hydrogen-bond donors (Lipinski definition) is 4. The van der Waals surface area contributed by atoms with E-state index in [-0.39, 0.29) is 11.3 Å². The third kappa shape index (κ3) is 5.09. The molecule has 0 saturated carbocycles. The van der Waals surface area contributed by atoms with E-state index in [1.807, 2.05) is 20.8 Å². The normalized spacial score (nSPS) is 11.0. The third-order valence-corrected chi connectivity index (χ3v) is 2.35. The quantitative estimate of drug-likeness (QED) is 0.353. The molecule has 1 rings (SSSR count). The number of hydrazine groups is 1. The summed E-state index contributed by atoms with van der Waals surface area (Å²) in [5.41, 5.74) is 2.36. The predicted molar refractivity (Wildman–Crippen MR) is 75.7 cm³/mol. The molecular formula is C12H22N6O. The van der Waals surface area contributed by atoms with Crippen LogP contribution in [-0.4, -0.2) is 29.0 Å². The molecule has 0 spiro atoms. The maximum atomic E-state index is 10.8. The van der Waals surface area contributed by atoms with Crippen LogP contribution in [0.3, 0.4) is 0 Å². The Labute approximate surface area is 113 Å². The van der Waals surface area contributed by atoms with E-state index < -0.39 is 0 Å². The van der Waals surface area contributed by atoms with E-state index in [9.17, 15) is 4.79 Å². The highest BCUT2D eigenvalue weighted by molar-refractivity contribution is 5.72. The number of nitrogens with two attached hydrogens (primary N) is 1. The summed E-state index contributed by atoms with van der Waals surface area (Å²) in [6, 6.07) is 1.73. The van der Waals surface area contributed by atoms with Crippen molar-refractivity contribution in [2.45, 2.75) is 33.1 Å². The van der Waals surface area contributed by atoms with Crippen LogP contribution in [0.4, 0.5) is 11.6 Å². The van der Waals surface area contributed by atoms with Crippen LogP contribution in [0, 0.1) is 0 Å². The molecule has 7 heteroatoms. The zero-order valence-corrected chi connectivity index (χ0v) is 11.9. The van der Waals surface area contributed by atoms with Gasteiger partial charge in [-0.1, -0.05) is 20.8 Å². The number of nitrogens with zero attached hydrogens (tertiary/aromatic N) is 2. The van der Waals surface area contributed by atoms with E-state index in [0.717, 1.165) is 0 Å². The molecule has 0 bridgehead atoms. The molecule has 1 aromatic heterocycles. The minimum Gasteiger partial charge on any atom is -0.368 e. The summed E-state index contributed by atoms with van der Waals surface area (Å²) in [4.78, 5) is 19.5. The number of hydrogen-bond acceptors (Lipinski definition) is 6. The number of carbonyl (C=O) groups is 1. The van der Waals surface area contributed by atoms with E-state index >= 15 is 0 Å². The lowest BCUT2D eigenvalue weighted by Crippen LogP contribution is -2.27. The Balaban J connectivity index is 2.74. The van der Waals surface area contributed by atoms with E-state index in [1.54, 1.807) is 6.07 Å². The third-order valence-electron chi connectivity index (χ3n) is 2.35. The highest BCUT2D eigenvalue weighted by Crippen LogP contribution is 2.21. The summed E-state index contributed by atoms with van der Waals surface area (Å²) in [6.45, 7) is 8.70. The van der Waals surface area contributed by atoms with Gasteiger partial charge in [-0.05, 0) is 0 Å². The van der Waals surface area contributed by atoms with Crippen molar-refractivity contribution in [2.24, 2.45) is 5.84 Å². The number of amides is 1. The molecule has 0 saturated heterocycles. The molecule has 19 heavy (non-hydrogen) atoms. The fraction of sp³-hybridized carbons (Fsp3) is 0.583. The lowest BCUT2D eigenvalue weighted by molar-refractivity contribution is -0.118. The monoisotopic (exact) mass is 266 g/mol. The van der Waals surface area contributed by atoms with Crippen LogP contribution < -0.4 is 21.9 Å². The molecule has 0 atom stereocenters. The van der Waals surface area contributed by atoms with Crippen molar-refractivity contribution < 1.29 is 4.79 Å². The van der Waals surface area contributed by atoms with Gasteiger partial charge in [-0.2, -0.15) is 0 Å². The van der Waals surface area contributed by atoms with E-state index in [0.29, 0.717) is 30.5 Å². The minimum atomic E-state index is -0.166. The maximum absolute atomic E-state index is 10.8. The average Bonchev–Trinajstić information content (AvgIpc) is 2.33. The molecular weight excluding hydrogens is 244 g/mol. The first-order valence-electron chi connectivity index (χ1n) is 6.17. The van der Waals surface area contributed by atoms with Crippen molar-refractivity contribution in [3.8, 4) is 0 Å². The summed E-state index contributed by atoms with van der Waals surface area (Å²) in [5.74, 6) is 7.28. The lowest BCUT2D eigenvalue weighted by atomic mass is 9.96. The standard InChI is InChI=1S/C12H22N6O/c1-8(19)14-5-6-15-9-7-10(18-13)17-11(16-9)12(2,3)4/h7H,5-6,13H2,1-4H3,(H,14,19)(H2,15,16,17,18). The van der Waals surface area contributed by atoms with Gasteiger partial charge in [-0.25, -0.2) is 15.8 Å². The fourth-order valence-electron chi connectivity index (χ4n) is 1.38. The van der Waals surface area contributed by atoms with Crippen LogP contribution in [-0.2, 0) is 10.2 Å². The van der Waals surface area contributed by atoms with Crippen molar-refractivity contribution in [3.63, 3.8) is 0 Å². The van der Waals surface area contributed by atoms with Gasteiger partial charge < -0.3 is 16.1 Å². The molecule has 1 heterocycles. The van der Waals surface area contributed by atoms with Crippen molar-refractivity contribution >= 4 is 17.5 Å². The summed E-state index contributed by atoms with van der Waals surface area (Å²) < 4.78 is 0. The minimum absolute atomic E-state index is 0.0517. The summed E-state index contributed by atoms with van der Waals surface area (Å²) in [7, 11) is 0. The smallest absolute Gasteiger partial charge is 0.216 e. The zero-order valence-electron chi connectivity index (χ0n) is 11.9. The second-order valence-corrected chi connectivity index (χ2v) is 5.27. The number of nitrogen functional groups attached to an aromatic ring is 1. The first kappa shape index (κ1) is 15.2. The van der Waals surface area contributed by atoms with Crippen LogP contribution >= 0.6 is 0 Å². The molecule has 0 unspecified atom stereocenters. The van der Waals surface area contributed by atoms with Crippen LogP contribution in [0.1, 0.15) is 33.5 Å². The number of rotatable bonds is 5. The second kappa shape index (κ2) is 6.33. The van der Waals surface area contributed by atoms with Crippen molar-refractivity contribution in [1.29, 1.82) is 0 Å². The van der Waals surface area contributed by atoms with Gasteiger partial charge in [0.05, 0.1) is 0 Å². The van der Waals surface area contributed by atoms with Crippen LogP contribution in [0.25, 0.3) is 0 Å². The summed E-state index contributed by atoms with van der Waals surface area (Å²) >= 11 is 0. The molecule has 1 amide bonds. The lowest BCUT2D eigenvalue weighted by Gasteiger charge is -2.18. The average molecular weight is 266 g/mol. The Bertz CT molecular complexity index is 440. The van der Waals surface area contributed by atoms with Gasteiger partial charge >= 0.3 is 0 Å². The van der Waals surface area contributed by atoms with Gasteiger partial charge in [-0.3, -0.25) is 4.79 Å². The molecule has 1 aromatic rings. The SMILES string of the molecule is CC(=O)NCCNc1cc(NN)nc(C(C)(C)C)n1. The predicted octanol–water partition coefficient (Wildman–Crippen LogP) is 0.608. The maximum Gasteiger partial charge on any atom is 0.216 e. The van der Waals surface area contributed by atoms with Crippen LogP contribution in [0.15, 0.2) is 6.07 Å². The topological polar surface area (TPSA) is 105 Å². The van der Waals surface area contributed by atoms with Crippen molar-refractivity contribution in [2.75, 3.05) is 23.8 Å².